The van der Waals surface area contributed by atoms with Gasteiger partial charge < -0.3 is 15.2 Å². The molecular formula is C13H17NO4. The van der Waals surface area contributed by atoms with E-state index in [-0.39, 0.29) is 0 Å². The number of carbonyl (C=O) groups excluding carboxylic acids is 1. The highest BCUT2D eigenvalue weighted by molar-refractivity contribution is 5.80. The van der Waals surface area contributed by atoms with Crippen molar-refractivity contribution in [3.63, 3.8) is 0 Å². The highest BCUT2D eigenvalue weighted by atomic mass is 16.6. The molecule has 0 saturated carbocycles. The number of benzene rings is 1. The Hall–Kier alpha value is -2.04. The largest absolute Gasteiger partial charge is 0.480 e. The van der Waals surface area contributed by atoms with Crippen molar-refractivity contribution in [1.82, 2.24) is 5.32 Å². The Bertz CT molecular complexity index is 391. The van der Waals surface area contributed by atoms with E-state index in [1.54, 1.807) is 30.3 Å². The monoisotopic (exact) mass is 251 g/mol. The molecule has 0 aliphatic heterocycles. The number of para-hydroxylation sites is 1. The predicted molar refractivity (Wildman–Crippen MR) is 66.6 cm³/mol. The summed E-state index contributed by atoms with van der Waals surface area (Å²) in [5, 5.41) is 11.3. The first-order valence-electron chi connectivity index (χ1n) is 5.89. The van der Waals surface area contributed by atoms with Gasteiger partial charge in [0.05, 0.1) is 0 Å². The Morgan fingerprint density at radius 3 is 2.56 bits per heavy atom. The molecule has 0 aromatic heterocycles. The molecule has 0 bridgehead atoms. The fourth-order valence-electron chi connectivity index (χ4n) is 1.43. The maximum Gasteiger partial charge on any atom is 0.413 e. The van der Waals surface area contributed by atoms with Crippen LogP contribution in [0.1, 0.15) is 26.2 Å². The van der Waals surface area contributed by atoms with Crippen LogP contribution >= 0.6 is 0 Å². The van der Waals surface area contributed by atoms with Crippen LogP contribution in [-0.2, 0) is 4.79 Å². The van der Waals surface area contributed by atoms with Crippen LogP contribution in [0.25, 0.3) is 0 Å². The van der Waals surface area contributed by atoms with Crippen molar-refractivity contribution in [2.24, 2.45) is 0 Å². The third kappa shape index (κ3) is 4.86. The van der Waals surface area contributed by atoms with Gasteiger partial charge in [0.25, 0.3) is 0 Å². The molecule has 1 atom stereocenters. The van der Waals surface area contributed by atoms with Crippen LogP contribution < -0.4 is 10.1 Å². The van der Waals surface area contributed by atoms with Crippen molar-refractivity contribution in [1.29, 1.82) is 0 Å². The third-order valence-electron chi connectivity index (χ3n) is 2.39. The minimum absolute atomic E-state index is 0.384. The molecule has 1 unspecified atom stereocenters. The molecule has 0 spiro atoms. The Kier molecular flexibility index (Phi) is 5.70. The summed E-state index contributed by atoms with van der Waals surface area (Å²) < 4.78 is 4.96. The topological polar surface area (TPSA) is 75.6 Å². The van der Waals surface area contributed by atoms with E-state index in [9.17, 15) is 9.59 Å². The van der Waals surface area contributed by atoms with Gasteiger partial charge in [-0.2, -0.15) is 0 Å². The van der Waals surface area contributed by atoms with Gasteiger partial charge in [-0.1, -0.05) is 38.0 Å². The number of carboxylic acids is 1. The highest BCUT2D eigenvalue weighted by Crippen LogP contribution is 2.09. The minimum atomic E-state index is -1.05. The van der Waals surface area contributed by atoms with Crippen molar-refractivity contribution in [3.05, 3.63) is 30.3 Å². The molecule has 0 radical (unpaired) electrons. The quantitative estimate of drug-likeness (QED) is 0.814. The van der Waals surface area contributed by atoms with E-state index in [4.69, 9.17) is 9.84 Å². The number of rotatable bonds is 6. The number of hydrogen-bond acceptors (Lipinski definition) is 3. The first-order valence-corrected chi connectivity index (χ1v) is 5.89. The number of unbranched alkanes of at least 4 members (excludes halogenated alkanes) is 1. The van der Waals surface area contributed by atoms with Crippen LogP contribution in [0.15, 0.2) is 30.3 Å². The van der Waals surface area contributed by atoms with Crippen LogP contribution in [0, 0.1) is 0 Å². The zero-order valence-corrected chi connectivity index (χ0v) is 10.3. The smallest absolute Gasteiger partial charge is 0.413 e. The lowest BCUT2D eigenvalue weighted by molar-refractivity contribution is -0.139. The van der Waals surface area contributed by atoms with Crippen LogP contribution in [0.5, 0.6) is 5.75 Å². The van der Waals surface area contributed by atoms with Gasteiger partial charge in [0.1, 0.15) is 11.8 Å². The van der Waals surface area contributed by atoms with Crippen LogP contribution in [-0.4, -0.2) is 23.2 Å². The van der Waals surface area contributed by atoms with Crippen LogP contribution in [0.2, 0.25) is 0 Å². The second-order valence-electron chi connectivity index (χ2n) is 3.88. The second-order valence-corrected chi connectivity index (χ2v) is 3.88. The summed E-state index contributed by atoms with van der Waals surface area (Å²) in [6.07, 6.45) is 1.27. The molecule has 0 fully saturated rings. The summed E-state index contributed by atoms with van der Waals surface area (Å²) in [7, 11) is 0. The van der Waals surface area contributed by atoms with Crippen molar-refractivity contribution in [2.75, 3.05) is 0 Å². The lowest BCUT2D eigenvalue weighted by Crippen LogP contribution is -2.42. The summed E-state index contributed by atoms with van der Waals surface area (Å²) >= 11 is 0. The third-order valence-corrected chi connectivity index (χ3v) is 2.39. The number of carboxylic acid groups (broad SMARTS) is 1. The van der Waals surface area contributed by atoms with E-state index in [1.807, 2.05) is 6.92 Å². The lowest BCUT2D eigenvalue weighted by Gasteiger charge is -2.13. The van der Waals surface area contributed by atoms with Gasteiger partial charge in [-0.15, -0.1) is 0 Å². The fraction of sp³-hybridized carbons (Fsp3) is 0.385. The zero-order valence-electron chi connectivity index (χ0n) is 10.3. The molecule has 1 rings (SSSR count). The normalized spacial score (nSPS) is 11.6. The molecule has 0 aliphatic rings. The van der Waals surface area contributed by atoms with Crippen molar-refractivity contribution >= 4 is 12.1 Å². The van der Waals surface area contributed by atoms with Gasteiger partial charge in [0.2, 0.25) is 0 Å². The van der Waals surface area contributed by atoms with Crippen LogP contribution in [0.4, 0.5) is 4.79 Å². The number of ether oxygens (including phenoxy) is 1. The first-order chi connectivity index (χ1) is 8.63. The summed E-state index contributed by atoms with van der Waals surface area (Å²) in [6.45, 7) is 1.96. The predicted octanol–water partition coefficient (Wildman–Crippen LogP) is 2.42. The van der Waals surface area contributed by atoms with Gasteiger partial charge in [0, 0.05) is 0 Å². The number of nitrogens with one attached hydrogen (secondary N) is 1. The SMILES string of the molecule is CCCCC(NC(=O)Oc1ccccc1)C(=O)O. The van der Waals surface area contributed by atoms with Gasteiger partial charge >= 0.3 is 12.1 Å². The molecule has 0 heterocycles. The lowest BCUT2D eigenvalue weighted by atomic mass is 10.1. The number of aliphatic carboxylic acids is 1. The van der Waals surface area contributed by atoms with Gasteiger partial charge in [-0.25, -0.2) is 9.59 Å². The number of carbonyl (C=O) groups is 2. The molecule has 18 heavy (non-hydrogen) atoms. The van der Waals surface area contributed by atoms with E-state index < -0.39 is 18.1 Å². The Morgan fingerprint density at radius 1 is 1.33 bits per heavy atom. The van der Waals surface area contributed by atoms with E-state index in [2.05, 4.69) is 5.32 Å². The number of hydrogen-bond donors (Lipinski definition) is 2. The Morgan fingerprint density at radius 2 is 2.00 bits per heavy atom. The summed E-state index contributed by atoms with van der Waals surface area (Å²) in [5.74, 6) is -0.664. The molecule has 0 aliphatic carbocycles. The van der Waals surface area contributed by atoms with Gasteiger partial charge in [-0.3, -0.25) is 0 Å². The fourth-order valence-corrected chi connectivity index (χ4v) is 1.43. The zero-order chi connectivity index (χ0) is 13.4. The molecule has 5 heteroatoms. The Labute approximate surface area is 106 Å². The van der Waals surface area contributed by atoms with Crippen molar-refractivity contribution < 1.29 is 19.4 Å². The van der Waals surface area contributed by atoms with Crippen molar-refractivity contribution in [3.8, 4) is 5.75 Å². The molecule has 1 aromatic rings. The van der Waals surface area contributed by atoms with E-state index in [0.717, 1.165) is 12.8 Å². The number of amides is 1. The molecular weight excluding hydrogens is 234 g/mol. The molecule has 98 valence electrons. The summed E-state index contributed by atoms with van der Waals surface area (Å²) in [4.78, 5) is 22.4. The minimum Gasteiger partial charge on any atom is -0.480 e. The summed E-state index contributed by atoms with van der Waals surface area (Å²) in [6, 6.07) is 7.61. The molecule has 1 amide bonds. The second kappa shape index (κ2) is 7.32. The first kappa shape index (κ1) is 14.0. The summed E-state index contributed by atoms with van der Waals surface area (Å²) in [5.41, 5.74) is 0. The maximum atomic E-state index is 11.5. The molecule has 1 aromatic carbocycles. The van der Waals surface area contributed by atoms with Crippen molar-refractivity contribution in [2.45, 2.75) is 32.2 Å². The van der Waals surface area contributed by atoms with Gasteiger partial charge in [-0.05, 0) is 18.6 Å². The average Bonchev–Trinajstić information content (AvgIpc) is 2.35. The maximum absolute atomic E-state index is 11.5. The molecule has 0 saturated heterocycles. The molecule has 2 N–H and O–H groups in total. The highest BCUT2D eigenvalue weighted by Gasteiger charge is 2.20. The van der Waals surface area contributed by atoms with Crippen LogP contribution in [0.3, 0.4) is 0 Å². The van der Waals surface area contributed by atoms with E-state index in [0.29, 0.717) is 12.2 Å². The molecule has 5 nitrogen and oxygen atoms in total. The Balaban J connectivity index is 2.48. The average molecular weight is 251 g/mol. The van der Waals surface area contributed by atoms with E-state index in [1.165, 1.54) is 0 Å². The van der Waals surface area contributed by atoms with Gasteiger partial charge in [0.15, 0.2) is 0 Å². The van der Waals surface area contributed by atoms with E-state index >= 15 is 0 Å². The standard InChI is InChI=1S/C13H17NO4/c1-2-3-9-11(12(15)16)14-13(17)18-10-7-5-4-6-8-10/h4-8,11H,2-3,9H2,1H3,(H,14,17)(H,15,16).